The van der Waals surface area contributed by atoms with Crippen LogP contribution >= 0.6 is 22.6 Å². The van der Waals surface area contributed by atoms with Crippen LogP contribution in [0.2, 0.25) is 36.3 Å². The molecule has 0 aromatic rings. The van der Waals surface area contributed by atoms with Gasteiger partial charge in [-0.3, -0.25) is 0 Å². The second kappa shape index (κ2) is 11.3. The summed E-state index contributed by atoms with van der Waals surface area (Å²) in [5.74, 6) is 3.80. The van der Waals surface area contributed by atoms with Gasteiger partial charge in [0.25, 0.3) is 0 Å². The topological polar surface area (TPSA) is 9.23 Å². The van der Waals surface area contributed by atoms with Gasteiger partial charge in [0.2, 0.25) is 8.32 Å². The van der Waals surface area contributed by atoms with Crippen LogP contribution in [0.5, 0.6) is 0 Å². The van der Waals surface area contributed by atoms with Crippen LogP contribution in [0.3, 0.4) is 0 Å². The molecule has 1 nitrogen and oxygen atoms in total. The molecule has 0 aliphatic carbocycles. The third-order valence-corrected chi connectivity index (χ3v) is 12.4. The molecule has 2 atom stereocenters. The van der Waals surface area contributed by atoms with Crippen molar-refractivity contribution < 1.29 is 4.43 Å². The fraction of sp³-hybridized carbons (Fsp3) is 0.810. The molecular formula is C21H41IOSi2. The lowest BCUT2D eigenvalue weighted by Gasteiger charge is -2.44. The molecular weight excluding hydrogens is 451 g/mol. The molecule has 0 aromatic heterocycles. The van der Waals surface area contributed by atoms with Crippen LogP contribution in [-0.2, 0) is 4.43 Å². The number of allylic oxidation sites excluding steroid dienone is 1. The van der Waals surface area contributed by atoms with Crippen molar-refractivity contribution in [2.75, 3.05) is 4.43 Å². The third kappa shape index (κ3) is 8.32. The summed E-state index contributed by atoms with van der Waals surface area (Å²) in [5, 5.41) is 0. The van der Waals surface area contributed by atoms with E-state index in [1.54, 1.807) is 0 Å². The van der Waals surface area contributed by atoms with Gasteiger partial charge in [-0.2, -0.15) is 0 Å². The highest BCUT2D eigenvalue weighted by atomic mass is 127. The van der Waals surface area contributed by atoms with E-state index in [1.165, 1.54) is 0 Å². The molecule has 0 saturated carbocycles. The molecule has 0 aliphatic rings. The van der Waals surface area contributed by atoms with Gasteiger partial charge in [0.05, 0.1) is 6.10 Å². The molecule has 0 aromatic carbocycles. The Kier molecular flexibility index (Phi) is 11.5. The molecule has 25 heavy (non-hydrogen) atoms. The Morgan fingerprint density at radius 1 is 0.920 bits per heavy atom. The molecule has 4 heteroatoms. The van der Waals surface area contributed by atoms with Gasteiger partial charge >= 0.3 is 0 Å². The molecule has 0 saturated heterocycles. The molecule has 0 N–H and O–H groups in total. The first kappa shape index (κ1) is 25.4. The minimum atomic E-state index is -1.90. The van der Waals surface area contributed by atoms with Crippen molar-refractivity contribution in [2.24, 2.45) is 5.92 Å². The summed E-state index contributed by atoms with van der Waals surface area (Å²) in [6.45, 7) is 23.3. The maximum absolute atomic E-state index is 7.06. The van der Waals surface area contributed by atoms with Crippen LogP contribution in [0.25, 0.3) is 0 Å². The second-order valence-corrected chi connectivity index (χ2v) is 20.3. The van der Waals surface area contributed by atoms with Crippen molar-refractivity contribution >= 4 is 39.0 Å². The van der Waals surface area contributed by atoms with E-state index in [1.807, 2.05) is 0 Å². The molecule has 0 unspecified atom stereocenters. The van der Waals surface area contributed by atoms with Gasteiger partial charge in [0, 0.05) is 10.3 Å². The lowest BCUT2D eigenvalue weighted by molar-refractivity contribution is 0.186. The van der Waals surface area contributed by atoms with Crippen LogP contribution in [-0.4, -0.2) is 26.9 Å². The van der Waals surface area contributed by atoms with Crippen LogP contribution in [0.4, 0.5) is 0 Å². The Morgan fingerprint density at radius 3 is 1.76 bits per heavy atom. The predicted octanol–water partition coefficient (Wildman–Crippen LogP) is 7.45. The predicted molar refractivity (Wildman–Crippen MR) is 129 cm³/mol. The van der Waals surface area contributed by atoms with E-state index in [0.29, 0.717) is 16.6 Å². The number of alkyl halides is 1. The third-order valence-electron chi connectivity index (χ3n) is 4.82. The Morgan fingerprint density at radius 2 is 1.40 bits per heavy atom. The minimum absolute atomic E-state index is 0.116. The van der Waals surface area contributed by atoms with Crippen molar-refractivity contribution in [3.8, 4) is 11.5 Å². The van der Waals surface area contributed by atoms with Gasteiger partial charge in [0.1, 0.15) is 8.07 Å². The van der Waals surface area contributed by atoms with Crippen molar-refractivity contribution in [2.45, 2.75) is 97.3 Å². The summed E-state index contributed by atoms with van der Waals surface area (Å²) >= 11 is 2.43. The van der Waals surface area contributed by atoms with Crippen molar-refractivity contribution in [3.05, 3.63) is 12.2 Å². The van der Waals surface area contributed by atoms with Gasteiger partial charge in [-0.1, -0.05) is 95.9 Å². The largest absolute Gasteiger partial charge is 0.409 e. The molecule has 0 spiro atoms. The van der Waals surface area contributed by atoms with E-state index in [2.05, 4.69) is 114 Å². The molecule has 0 amide bonds. The lowest BCUT2D eigenvalue weighted by Crippen LogP contribution is -2.50. The summed E-state index contributed by atoms with van der Waals surface area (Å²) in [7, 11) is -3.26. The zero-order valence-electron chi connectivity index (χ0n) is 18.2. The van der Waals surface area contributed by atoms with E-state index in [4.69, 9.17) is 4.43 Å². The van der Waals surface area contributed by atoms with Crippen molar-refractivity contribution in [1.29, 1.82) is 0 Å². The first-order chi connectivity index (χ1) is 11.4. The summed E-state index contributed by atoms with van der Waals surface area (Å²) in [4.78, 5) is 0. The van der Waals surface area contributed by atoms with Gasteiger partial charge in [-0.25, -0.2) is 0 Å². The summed E-state index contributed by atoms with van der Waals surface area (Å²) in [5.41, 5.74) is 5.36. The minimum Gasteiger partial charge on any atom is -0.409 e. The summed E-state index contributed by atoms with van der Waals surface area (Å²) < 4.78 is 8.21. The standard InChI is InChI=1S/C21H41IOSi2/c1-17(2)25(18(3)4,19(5)6)23-21(13-11-12-15-22)20(7)14-16-24(8,9)10/h11,13,17-21H,12,15H2,1-10H3/b13-11+/t20-,21+/m1/s1. The van der Waals surface area contributed by atoms with Gasteiger partial charge in [-0.05, 0) is 30.0 Å². The average Bonchev–Trinajstić information content (AvgIpc) is 2.46. The smallest absolute Gasteiger partial charge is 0.201 e. The normalized spacial score (nSPS) is 15.8. The SMILES string of the molecule is CC(C)[Si](O[C@@H](/C=C/CCI)[C@H](C)C#C[Si](C)(C)C)(C(C)C)C(C)C. The maximum atomic E-state index is 7.06. The fourth-order valence-corrected chi connectivity index (χ4v) is 10.2. The molecule has 0 radical (unpaired) electrons. The first-order valence-corrected chi connectivity index (χ1v) is 17.0. The van der Waals surface area contributed by atoms with E-state index in [0.717, 1.165) is 10.8 Å². The molecule has 146 valence electrons. The van der Waals surface area contributed by atoms with E-state index < -0.39 is 16.4 Å². The molecule has 0 fully saturated rings. The highest BCUT2D eigenvalue weighted by molar-refractivity contribution is 14.1. The Bertz CT molecular complexity index is 445. The zero-order valence-corrected chi connectivity index (χ0v) is 22.4. The highest BCUT2D eigenvalue weighted by Crippen LogP contribution is 2.43. The maximum Gasteiger partial charge on any atom is 0.201 e. The zero-order chi connectivity index (χ0) is 19.8. The van der Waals surface area contributed by atoms with Crippen LogP contribution in [0, 0.1) is 17.4 Å². The monoisotopic (exact) mass is 492 g/mol. The van der Waals surface area contributed by atoms with Crippen molar-refractivity contribution in [1.82, 2.24) is 0 Å². The number of rotatable bonds is 9. The lowest BCUT2D eigenvalue weighted by atomic mass is 10.1. The van der Waals surface area contributed by atoms with Gasteiger partial charge < -0.3 is 4.43 Å². The first-order valence-electron chi connectivity index (χ1n) is 9.81. The summed E-state index contributed by atoms with van der Waals surface area (Å²) in [6, 6.07) is 0. The Hall–Kier alpha value is 0.424. The molecule has 0 aliphatic heterocycles. The van der Waals surface area contributed by atoms with Crippen LogP contribution < -0.4 is 0 Å². The highest BCUT2D eigenvalue weighted by Gasteiger charge is 2.46. The van der Waals surface area contributed by atoms with E-state index >= 15 is 0 Å². The molecule has 0 heterocycles. The Balaban J connectivity index is 5.76. The molecule has 0 rings (SSSR count). The van der Waals surface area contributed by atoms with Crippen molar-refractivity contribution in [3.63, 3.8) is 0 Å². The average molecular weight is 493 g/mol. The van der Waals surface area contributed by atoms with E-state index in [-0.39, 0.29) is 12.0 Å². The second-order valence-electron chi connectivity index (χ2n) is 9.11. The van der Waals surface area contributed by atoms with Gasteiger partial charge in [-0.15, -0.1) is 11.5 Å². The number of hydrogen-bond acceptors (Lipinski definition) is 1. The van der Waals surface area contributed by atoms with Crippen LogP contribution in [0.1, 0.15) is 54.9 Å². The fourth-order valence-electron chi connectivity index (χ4n) is 3.66. The number of hydrogen-bond donors (Lipinski definition) is 0. The summed E-state index contributed by atoms with van der Waals surface area (Å²) in [6.07, 6.45) is 5.82. The van der Waals surface area contributed by atoms with E-state index in [9.17, 15) is 0 Å². The quantitative estimate of drug-likeness (QED) is 0.107. The Labute approximate surface area is 174 Å². The number of halogens is 1. The van der Waals surface area contributed by atoms with Crippen LogP contribution in [0.15, 0.2) is 12.2 Å². The van der Waals surface area contributed by atoms with Gasteiger partial charge in [0.15, 0.2) is 0 Å². The molecule has 0 bridgehead atoms.